The van der Waals surface area contributed by atoms with Crippen LogP contribution in [0.4, 0.5) is 0 Å². The molecular formula is C15H13NO2. The van der Waals surface area contributed by atoms with Gasteiger partial charge in [-0.15, -0.1) is 0 Å². The Morgan fingerprint density at radius 2 is 1.89 bits per heavy atom. The van der Waals surface area contributed by atoms with Crippen molar-refractivity contribution in [3.63, 3.8) is 0 Å². The first-order chi connectivity index (χ1) is 8.61. The Hall–Kier alpha value is -2.42. The monoisotopic (exact) mass is 239 g/mol. The molecule has 2 aromatic carbocycles. The summed E-state index contributed by atoms with van der Waals surface area (Å²) in [4.78, 5) is 10.9. The summed E-state index contributed by atoms with van der Waals surface area (Å²) < 4.78 is 0. The second kappa shape index (κ2) is 4.84. The number of carbonyl (C=O) groups is 1. The van der Waals surface area contributed by atoms with Gasteiger partial charge in [0.2, 0.25) is 0 Å². The van der Waals surface area contributed by atoms with Crippen molar-refractivity contribution in [2.45, 2.75) is 6.92 Å². The predicted octanol–water partition coefficient (Wildman–Crippen LogP) is 3.36. The number of hydrogen-bond donors (Lipinski definition) is 2. The number of carboxylic acid groups (broad SMARTS) is 1. The lowest BCUT2D eigenvalue weighted by Crippen LogP contribution is -1.96. The van der Waals surface area contributed by atoms with E-state index in [0.717, 1.165) is 22.3 Å². The Kier molecular flexibility index (Phi) is 3.24. The fraction of sp³-hybridized carbons (Fsp3) is 0.0667. The van der Waals surface area contributed by atoms with Gasteiger partial charge in [-0.25, -0.2) is 4.79 Å². The fourth-order valence-corrected chi connectivity index (χ4v) is 1.81. The van der Waals surface area contributed by atoms with E-state index in [4.69, 9.17) is 10.5 Å². The molecule has 3 heteroatoms. The Morgan fingerprint density at radius 3 is 2.56 bits per heavy atom. The lowest BCUT2D eigenvalue weighted by Gasteiger charge is -2.06. The molecule has 0 amide bonds. The standard InChI is InChI=1S/C15H13NO2/c1-10-5-6-12(8-14(10)9-16)11-3-2-4-13(7-11)15(17)18/h2-9,16H,1H3,(H,17,18). The van der Waals surface area contributed by atoms with Gasteiger partial charge in [0.25, 0.3) is 0 Å². The van der Waals surface area contributed by atoms with Crippen LogP contribution in [-0.4, -0.2) is 17.3 Å². The molecule has 0 heterocycles. The highest BCUT2D eigenvalue weighted by Crippen LogP contribution is 2.22. The van der Waals surface area contributed by atoms with E-state index in [2.05, 4.69) is 0 Å². The van der Waals surface area contributed by atoms with Crippen LogP contribution >= 0.6 is 0 Å². The van der Waals surface area contributed by atoms with Crippen LogP contribution in [0.15, 0.2) is 42.5 Å². The molecule has 0 aromatic heterocycles. The molecule has 2 rings (SSSR count). The SMILES string of the molecule is Cc1ccc(-c2cccc(C(=O)O)c2)cc1C=N. The van der Waals surface area contributed by atoms with Gasteiger partial charge in [-0.05, 0) is 47.4 Å². The number of aromatic carboxylic acids is 1. The highest BCUT2D eigenvalue weighted by atomic mass is 16.4. The normalized spacial score (nSPS) is 10.1. The maximum atomic E-state index is 10.9. The second-order valence-corrected chi connectivity index (χ2v) is 4.10. The van der Waals surface area contributed by atoms with Gasteiger partial charge in [0.05, 0.1) is 5.56 Å². The third kappa shape index (κ3) is 2.30. The van der Waals surface area contributed by atoms with Gasteiger partial charge >= 0.3 is 5.97 Å². The van der Waals surface area contributed by atoms with Crippen molar-refractivity contribution < 1.29 is 9.90 Å². The largest absolute Gasteiger partial charge is 0.478 e. The zero-order valence-corrected chi connectivity index (χ0v) is 9.97. The number of rotatable bonds is 3. The average Bonchev–Trinajstić information content (AvgIpc) is 2.39. The molecule has 0 unspecified atom stereocenters. The second-order valence-electron chi connectivity index (χ2n) is 4.10. The zero-order chi connectivity index (χ0) is 13.1. The smallest absolute Gasteiger partial charge is 0.335 e. The molecule has 0 radical (unpaired) electrons. The van der Waals surface area contributed by atoms with E-state index in [1.807, 2.05) is 31.2 Å². The topological polar surface area (TPSA) is 61.1 Å². The van der Waals surface area contributed by atoms with Gasteiger partial charge in [-0.3, -0.25) is 0 Å². The molecule has 18 heavy (non-hydrogen) atoms. The first-order valence-electron chi connectivity index (χ1n) is 5.56. The average molecular weight is 239 g/mol. The first kappa shape index (κ1) is 12.0. The quantitative estimate of drug-likeness (QED) is 0.807. The summed E-state index contributed by atoms with van der Waals surface area (Å²) in [5.41, 5.74) is 3.90. The molecule has 0 aliphatic heterocycles. The zero-order valence-electron chi connectivity index (χ0n) is 9.97. The lowest BCUT2D eigenvalue weighted by molar-refractivity contribution is 0.0697. The summed E-state index contributed by atoms with van der Waals surface area (Å²) in [6.45, 7) is 1.94. The van der Waals surface area contributed by atoms with E-state index in [1.54, 1.807) is 18.2 Å². The molecule has 0 aliphatic rings. The highest BCUT2D eigenvalue weighted by Gasteiger charge is 2.05. The van der Waals surface area contributed by atoms with Crippen molar-refractivity contribution in [3.05, 3.63) is 59.2 Å². The van der Waals surface area contributed by atoms with Gasteiger partial charge in [-0.2, -0.15) is 0 Å². The molecule has 0 saturated carbocycles. The number of nitrogens with one attached hydrogen (secondary N) is 1. The van der Waals surface area contributed by atoms with Crippen LogP contribution in [0.1, 0.15) is 21.5 Å². The maximum absolute atomic E-state index is 10.9. The van der Waals surface area contributed by atoms with E-state index >= 15 is 0 Å². The summed E-state index contributed by atoms with van der Waals surface area (Å²) in [6.07, 6.45) is 1.31. The number of aryl methyl sites for hydroxylation is 1. The summed E-state index contributed by atoms with van der Waals surface area (Å²) in [6, 6.07) is 12.6. The Balaban J connectivity index is 2.51. The van der Waals surface area contributed by atoms with Crippen molar-refractivity contribution in [2.75, 3.05) is 0 Å². The first-order valence-corrected chi connectivity index (χ1v) is 5.56. The summed E-state index contributed by atoms with van der Waals surface area (Å²) in [7, 11) is 0. The van der Waals surface area contributed by atoms with Crippen LogP contribution in [0.25, 0.3) is 11.1 Å². The Morgan fingerprint density at radius 1 is 1.17 bits per heavy atom. The van der Waals surface area contributed by atoms with Gasteiger partial charge in [-0.1, -0.05) is 24.3 Å². The molecule has 2 N–H and O–H groups in total. The summed E-state index contributed by atoms with van der Waals surface area (Å²) in [5, 5.41) is 16.3. The minimum Gasteiger partial charge on any atom is -0.478 e. The molecule has 0 aliphatic carbocycles. The van der Waals surface area contributed by atoms with Crippen molar-refractivity contribution >= 4 is 12.2 Å². The van der Waals surface area contributed by atoms with E-state index < -0.39 is 5.97 Å². The summed E-state index contributed by atoms with van der Waals surface area (Å²) in [5.74, 6) is -0.934. The summed E-state index contributed by atoms with van der Waals surface area (Å²) >= 11 is 0. The molecular weight excluding hydrogens is 226 g/mol. The molecule has 3 nitrogen and oxygen atoms in total. The number of benzene rings is 2. The molecule has 0 saturated heterocycles. The molecule has 0 fully saturated rings. The van der Waals surface area contributed by atoms with Crippen molar-refractivity contribution in [3.8, 4) is 11.1 Å². The predicted molar refractivity (Wildman–Crippen MR) is 71.5 cm³/mol. The number of carboxylic acids is 1. The number of hydrogen-bond acceptors (Lipinski definition) is 2. The van der Waals surface area contributed by atoms with Gasteiger partial charge < -0.3 is 10.5 Å². The van der Waals surface area contributed by atoms with Gasteiger partial charge in [0.1, 0.15) is 0 Å². The van der Waals surface area contributed by atoms with Crippen molar-refractivity contribution in [1.29, 1.82) is 5.41 Å². The van der Waals surface area contributed by atoms with Gasteiger partial charge in [0.15, 0.2) is 0 Å². The van der Waals surface area contributed by atoms with E-state index in [9.17, 15) is 4.79 Å². The van der Waals surface area contributed by atoms with Crippen molar-refractivity contribution in [2.24, 2.45) is 0 Å². The molecule has 90 valence electrons. The van der Waals surface area contributed by atoms with Crippen LogP contribution in [0, 0.1) is 12.3 Å². The Labute approximate surface area is 105 Å². The third-order valence-corrected chi connectivity index (χ3v) is 2.88. The van der Waals surface area contributed by atoms with Gasteiger partial charge in [0, 0.05) is 6.21 Å². The maximum Gasteiger partial charge on any atom is 0.335 e. The van der Waals surface area contributed by atoms with Crippen LogP contribution < -0.4 is 0 Å². The van der Waals surface area contributed by atoms with Crippen LogP contribution in [0.2, 0.25) is 0 Å². The van der Waals surface area contributed by atoms with E-state index in [0.29, 0.717) is 0 Å². The Bertz CT molecular complexity index is 618. The van der Waals surface area contributed by atoms with Crippen LogP contribution in [-0.2, 0) is 0 Å². The minimum absolute atomic E-state index is 0.268. The molecule has 0 spiro atoms. The van der Waals surface area contributed by atoms with Crippen molar-refractivity contribution in [1.82, 2.24) is 0 Å². The van der Waals surface area contributed by atoms with E-state index in [1.165, 1.54) is 6.21 Å². The highest BCUT2D eigenvalue weighted by molar-refractivity contribution is 5.90. The molecule has 2 aromatic rings. The lowest BCUT2D eigenvalue weighted by atomic mass is 9.99. The van der Waals surface area contributed by atoms with Crippen LogP contribution in [0.5, 0.6) is 0 Å². The molecule has 0 bridgehead atoms. The fourth-order valence-electron chi connectivity index (χ4n) is 1.81. The van der Waals surface area contributed by atoms with Crippen LogP contribution in [0.3, 0.4) is 0 Å². The minimum atomic E-state index is -0.934. The van der Waals surface area contributed by atoms with E-state index in [-0.39, 0.29) is 5.56 Å². The molecule has 0 atom stereocenters. The third-order valence-electron chi connectivity index (χ3n) is 2.88.